The van der Waals surface area contributed by atoms with Crippen molar-refractivity contribution in [2.75, 3.05) is 19.6 Å². The number of pyridine rings is 6. The van der Waals surface area contributed by atoms with Crippen molar-refractivity contribution in [3.63, 3.8) is 0 Å². The van der Waals surface area contributed by atoms with Crippen molar-refractivity contribution >= 4 is 18.1 Å². The van der Waals surface area contributed by atoms with Gasteiger partial charge in [-0.1, -0.05) is 0 Å². The fourth-order valence-corrected chi connectivity index (χ4v) is 7.04. The van der Waals surface area contributed by atoms with Crippen molar-refractivity contribution in [1.82, 2.24) is 75.5 Å². The minimum absolute atomic E-state index is 0.148. The van der Waals surface area contributed by atoms with Crippen LogP contribution in [0.2, 0.25) is 0 Å². The third-order valence-corrected chi connectivity index (χ3v) is 10.6. The van der Waals surface area contributed by atoms with Gasteiger partial charge in [0.05, 0.1) is 34.2 Å². The molecule has 0 aliphatic heterocycles. The summed E-state index contributed by atoms with van der Waals surface area (Å²) in [7, 11) is 0. The molecule has 69 heavy (non-hydrogen) atoms. The molecule has 0 saturated carbocycles. The Hall–Kier alpha value is -8.88. The minimum atomic E-state index is -0.947. The van der Waals surface area contributed by atoms with Gasteiger partial charge in [0.25, 0.3) is 0 Å². The summed E-state index contributed by atoms with van der Waals surface area (Å²) in [5.74, 6) is 0. The van der Waals surface area contributed by atoms with Crippen LogP contribution in [0.5, 0.6) is 0 Å². The van der Waals surface area contributed by atoms with E-state index < -0.39 is 35.2 Å². The van der Waals surface area contributed by atoms with Crippen LogP contribution in [-0.4, -0.2) is 81.3 Å². The van der Waals surface area contributed by atoms with Crippen LogP contribution < -0.4 is 49.0 Å². The zero-order valence-corrected chi connectivity index (χ0v) is 38.2. The Morgan fingerprint density at radius 3 is 0.884 bits per heavy atom. The van der Waals surface area contributed by atoms with Crippen LogP contribution in [0.3, 0.4) is 0 Å². The van der Waals surface area contributed by atoms with Crippen molar-refractivity contribution in [3.05, 3.63) is 175 Å². The van der Waals surface area contributed by atoms with E-state index in [1.165, 1.54) is 0 Å². The van der Waals surface area contributed by atoms with Gasteiger partial charge in [0.1, 0.15) is 0 Å². The molecule has 0 fully saturated rings. The first-order chi connectivity index (χ1) is 33.4. The summed E-state index contributed by atoms with van der Waals surface area (Å²) in [6.45, 7) is 4.90. The third-order valence-electron chi connectivity index (χ3n) is 10.6. The molecule has 21 nitrogen and oxygen atoms in total. The molecule has 7 aromatic heterocycles. The topological polar surface area (TPSA) is 267 Å². The Labute approximate surface area is 395 Å². The Kier molecular flexibility index (Phi) is 16.0. The molecule has 354 valence electrons. The minimum Gasteiger partial charge on any atom is -0.336 e. The van der Waals surface area contributed by atoms with E-state index in [1.807, 2.05) is 75.4 Å². The predicted octanol–water partition coefficient (Wildman–Crippen LogP) is 2.97. The van der Waals surface area contributed by atoms with E-state index >= 15 is 0 Å². The molecule has 0 aliphatic rings. The lowest BCUT2D eigenvalue weighted by Gasteiger charge is -2.15. The maximum atomic E-state index is 13.8. The molecule has 7 aromatic rings. The van der Waals surface area contributed by atoms with Gasteiger partial charge < -0.3 is 31.9 Å². The monoisotopic (exact) mass is 933 g/mol. The summed E-state index contributed by atoms with van der Waals surface area (Å²) in [6, 6.07) is 20.3. The number of nitrogens with zero attached hydrogens (tertiary/aromatic N) is 9. The van der Waals surface area contributed by atoms with E-state index in [0.29, 0.717) is 34.2 Å². The highest BCUT2D eigenvalue weighted by Crippen LogP contribution is 2.19. The molecular formula is C48H51N15O6. The second-order valence-electron chi connectivity index (χ2n) is 15.9. The van der Waals surface area contributed by atoms with Crippen LogP contribution >= 0.6 is 0 Å². The van der Waals surface area contributed by atoms with Gasteiger partial charge in [-0.05, 0) is 127 Å². The normalized spacial score (nSPS) is 10.8. The molecule has 0 unspecified atom stereocenters. The predicted molar refractivity (Wildman–Crippen MR) is 257 cm³/mol. The van der Waals surface area contributed by atoms with E-state index in [1.54, 1.807) is 55.4 Å². The Morgan fingerprint density at radius 2 is 0.623 bits per heavy atom. The van der Waals surface area contributed by atoms with Gasteiger partial charge in [-0.25, -0.2) is 42.5 Å². The van der Waals surface area contributed by atoms with Gasteiger partial charge in [0.2, 0.25) is 0 Å². The van der Waals surface area contributed by atoms with Gasteiger partial charge in [-0.2, -0.15) is 0 Å². The molecule has 0 bridgehead atoms. The highest BCUT2D eigenvalue weighted by molar-refractivity contribution is 5.74. The molecule has 6 amide bonds. The standard InChI is InChI=1S/C48H51N15O6/c1-31-4-10-49-37(22-31)40-25-34(7-13-52-40)28-58-43(64)55-16-19-61-46(67)62(20-17-56-44(65)59-29-35-8-14-53-41(26-35)38-23-32(2)5-11-50-38)48(69)63(47(61)68)21-18-57-45(66)60-30-36-9-15-54-42(27-36)39-24-33(3)6-12-51-39/h4-15,22-27H,16-21,28-30H2,1-3H3,(H2,55,58,64)(H2,56,59,65)(H2,57,60,66). The van der Waals surface area contributed by atoms with Crippen molar-refractivity contribution in [3.8, 4) is 34.2 Å². The average Bonchev–Trinajstić information content (AvgIpc) is 3.35. The molecule has 0 aliphatic carbocycles. The molecule has 0 aromatic carbocycles. The first-order valence-corrected chi connectivity index (χ1v) is 22.0. The fraction of sp³-hybridized carbons (Fsp3) is 0.250. The first-order valence-electron chi connectivity index (χ1n) is 22.0. The van der Waals surface area contributed by atoms with Gasteiger partial charge in [0, 0.05) is 96.1 Å². The van der Waals surface area contributed by atoms with Crippen LogP contribution in [-0.2, 0) is 39.3 Å². The first kappa shape index (κ1) is 48.1. The van der Waals surface area contributed by atoms with E-state index in [2.05, 4.69) is 61.8 Å². The number of carbonyl (C=O) groups excluding carboxylic acids is 3. The summed E-state index contributed by atoms with van der Waals surface area (Å²) in [4.78, 5) is 106. The van der Waals surface area contributed by atoms with Gasteiger partial charge in [-0.3, -0.25) is 29.9 Å². The Balaban J connectivity index is 0.977. The van der Waals surface area contributed by atoms with Crippen LogP contribution in [0.15, 0.2) is 124 Å². The average molecular weight is 934 g/mol. The van der Waals surface area contributed by atoms with Gasteiger partial charge in [0.15, 0.2) is 0 Å². The second-order valence-corrected chi connectivity index (χ2v) is 15.9. The van der Waals surface area contributed by atoms with Crippen LogP contribution in [0.4, 0.5) is 14.4 Å². The van der Waals surface area contributed by atoms with E-state index in [0.717, 1.165) is 47.1 Å². The lowest BCUT2D eigenvalue weighted by Crippen LogP contribution is -2.57. The van der Waals surface area contributed by atoms with E-state index in [-0.39, 0.29) is 58.9 Å². The number of urea groups is 3. The third kappa shape index (κ3) is 13.4. The summed E-state index contributed by atoms with van der Waals surface area (Å²) >= 11 is 0. The van der Waals surface area contributed by atoms with E-state index in [4.69, 9.17) is 0 Å². The summed E-state index contributed by atoms with van der Waals surface area (Å²) < 4.78 is 2.46. The number of hydrogen-bond donors (Lipinski definition) is 6. The smallest absolute Gasteiger partial charge is 0.336 e. The van der Waals surface area contributed by atoms with Gasteiger partial charge >= 0.3 is 35.2 Å². The SMILES string of the molecule is Cc1ccnc(-c2cc(CNC(=O)NCCn3c(=O)n(CCNC(=O)NCc4ccnc(-c5cc(C)ccn5)c4)c(=O)n(CCNC(=O)NCc4ccnc(-c5cc(C)ccn5)c4)c3=O)ccn2)c1. The number of rotatable bonds is 18. The highest BCUT2D eigenvalue weighted by Gasteiger charge is 2.17. The molecule has 7 rings (SSSR count). The quantitative estimate of drug-likeness (QED) is 0.0726. The van der Waals surface area contributed by atoms with Crippen LogP contribution in [0.1, 0.15) is 33.4 Å². The molecule has 6 N–H and O–H groups in total. The number of carbonyl (C=O) groups is 3. The number of amides is 6. The largest absolute Gasteiger partial charge is 0.336 e. The number of aromatic nitrogens is 9. The molecule has 0 spiro atoms. The number of aryl methyl sites for hydroxylation is 3. The van der Waals surface area contributed by atoms with Crippen molar-refractivity contribution in [2.45, 2.75) is 60.0 Å². The maximum Gasteiger partial charge on any atom is 0.336 e. The molecule has 21 heteroatoms. The molecule has 0 saturated heterocycles. The molecule has 0 radical (unpaired) electrons. The summed E-state index contributed by atoms with van der Waals surface area (Å²) in [6.07, 6.45) is 9.95. The van der Waals surface area contributed by atoms with Crippen molar-refractivity contribution in [2.24, 2.45) is 0 Å². The van der Waals surface area contributed by atoms with Crippen molar-refractivity contribution in [1.29, 1.82) is 0 Å². The number of hydrogen-bond acceptors (Lipinski definition) is 12. The zero-order valence-electron chi connectivity index (χ0n) is 38.2. The molecule has 7 heterocycles. The zero-order chi connectivity index (χ0) is 48.7. The summed E-state index contributed by atoms with van der Waals surface area (Å²) in [5.41, 5.74) is 6.52. The maximum absolute atomic E-state index is 13.8. The second kappa shape index (κ2) is 23.0. The van der Waals surface area contributed by atoms with Crippen LogP contribution in [0.25, 0.3) is 34.2 Å². The lowest BCUT2D eigenvalue weighted by atomic mass is 10.1. The number of nitrogens with one attached hydrogen (secondary N) is 6. The fourth-order valence-electron chi connectivity index (χ4n) is 7.04. The van der Waals surface area contributed by atoms with Crippen LogP contribution in [0, 0.1) is 20.8 Å². The van der Waals surface area contributed by atoms with Gasteiger partial charge in [-0.15, -0.1) is 0 Å². The molecule has 0 atom stereocenters. The Bertz CT molecular complexity index is 2790. The van der Waals surface area contributed by atoms with E-state index in [9.17, 15) is 28.8 Å². The van der Waals surface area contributed by atoms with Crippen molar-refractivity contribution < 1.29 is 14.4 Å². The Morgan fingerprint density at radius 1 is 0.377 bits per heavy atom. The lowest BCUT2D eigenvalue weighted by molar-refractivity contribution is 0.239. The molecular weight excluding hydrogens is 883 g/mol. The summed E-state index contributed by atoms with van der Waals surface area (Å²) in [5, 5.41) is 16.2. The highest BCUT2D eigenvalue weighted by atomic mass is 16.2.